The molecule has 0 aliphatic carbocycles. The van der Waals surface area contributed by atoms with Gasteiger partial charge in [-0.2, -0.15) is 5.10 Å². The van der Waals surface area contributed by atoms with E-state index in [1.54, 1.807) is 0 Å². The monoisotopic (exact) mass is 277 g/mol. The van der Waals surface area contributed by atoms with Gasteiger partial charge in [0, 0.05) is 25.2 Å². The Morgan fingerprint density at radius 1 is 1.50 bits per heavy atom. The molecule has 112 valence electrons. The minimum Gasteiger partial charge on any atom is -0.375 e. The van der Waals surface area contributed by atoms with Crippen LogP contribution in [0.15, 0.2) is 12.4 Å². The lowest BCUT2D eigenvalue weighted by molar-refractivity contribution is 0.0850. The minimum absolute atomic E-state index is 0.517. The molecule has 0 radical (unpaired) electrons. The fourth-order valence-electron chi connectivity index (χ4n) is 3.82. The third-order valence-corrected chi connectivity index (χ3v) is 4.83. The summed E-state index contributed by atoms with van der Waals surface area (Å²) in [5.41, 5.74) is 1.35. The molecule has 3 heterocycles. The Balaban J connectivity index is 1.58. The minimum atomic E-state index is 0.517. The lowest BCUT2D eigenvalue weighted by Gasteiger charge is -2.29. The lowest BCUT2D eigenvalue weighted by Crippen LogP contribution is -2.41. The number of hydrogen-bond donors (Lipinski definition) is 1. The molecule has 2 aliphatic rings. The summed E-state index contributed by atoms with van der Waals surface area (Å²) < 4.78 is 7.94. The van der Waals surface area contributed by atoms with Crippen LogP contribution in [0.5, 0.6) is 0 Å². The van der Waals surface area contributed by atoms with Crippen molar-refractivity contribution in [3.63, 3.8) is 0 Å². The van der Waals surface area contributed by atoms with Crippen LogP contribution >= 0.6 is 0 Å². The second-order valence-corrected chi connectivity index (χ2v) is 6.39. The van der Waals surface area contributed by atoms with Crippen molar-refractivity contribution in [2.24, 2.45) is 13.0 Å². The van der Waals surface area contributed by atoms with E-state index in [-0.39, 0.29) is 0 Å². The highest BCUT2D eigenvalue weighted by atomic mass is 16.5. The number of aromatic nitrogens is 2. The summed E-state index contributed by atoms with van der Waals surface area (Å²) in [6, 6.07) is 0.602. The largest absolute Gasteiger partial charge is 0.375 e. The number of fused-ring (bicyclic) bond motifs is 2. The Labute approximate surface area is 121 Å². The summed E-state index contributed by atoms with van der Waals surface area (Å²) in [6.07, 6.45) is 12.5. The molecule has 20 heavy (non-hydrogen) atoms. The maximum atomic E-state index is 6.05. The molecule has 2 saturated heterocycles. The molecule has 0 saturated carbocycles. The van der Waals surface area contributed by atoms with Crippen LogP contribution < -0.4 is 5.32 Å². The molecule has 4 atom stereocenters. The van der Waals surface area contributed by atoms with Gasteiger partial charge in [-0.25, -0.2) is 0 Å². The molecule has 1 aromatic heterocycles. The topological polar surface area (TPSA) is 39.1 Å². The number of rotatable bonds is 7. The molecule has 2 aliphatic heterocycles. The first-order valence-corrected chi connectivity index (χ1v) is 8.12. The number of hydrogen-bond acceptors (Lipinski definition) is 3. The summed E-state index contributed by atoms with van der Waals surface area (Å²) in [5.74, 6) is 0.719. The third-order valence-electron chi connectivity index (χ3n) is 4.83. The molecular formula is C16H27N3O. The molecule has 1 N–H and O–H groups in total. The number of nitrogens with one attached hydrogen (secondary N) is 1. The van der Waals surface area contributed by atoms with Crippen LogP contribution in [0.2, 0.25) is 0 Å². The maximum absolute atomic E-state index is 6.05. The van der Waals surface area contributed by atoms with Gasteiger partial charge in [-0.15, -0.1) is 0 Å². The highest BCUT2D eigenvalue weighted by molar-refractivity contribution is 5.05. The van der Waals surface area contributed by atoms with Crippen LogP contribution in [0.1, 0.15) is 44.6 Å². The maximum Gasteiger partial charge on any atom is 0.0623 e. The van der Waals surface area contributed by atoms with E-state index in [1.165, 1.54) is 37.7 Å². The molecule has 4 heteroatoms. The van der Waals surface area contributed by atoms with Crippen LogP contribution in [0.3, 0.4) is 0 Å². The lowest BCUT2D eigenvalue weighted by atomic mass is 9.81. The molecular weight excluding hydrogens is 250 g/mol. The van der Waals surface area contributed by atoms with E-state index in [4.69, 9.17) is 4.74 Å². The standard InChI is InChI=1S/C16H27N3O/c1-3-8-17-15(6-4-12-10-18-19(2)11-12)14-9-13-5-7-16(14)20-13/h10-11,13-17H,3-9H2,1-2H3. The van der Waals surface area contributed by atoms with E-state index in [1.807, 2.05) is 17.9 Å². The fraction of sp³-hybridized carbons (Fsp3) is 0.812. The molecule has 4 nitrogen and oxygen atoms in total. The molecule has 4 unspecified atom stereocenters. The van der Waals surface area contributed by atoms with Crippen molar-refractivity contribution in [3.05, 3.63) is 18.0 Å². The summed E-state index contributed by atoms with van der Waals surface area (Å²) in [5, 5.41) is 8.03. The molecule has 2 fully saturated rings. The first-order valence-electron chi connectivity index (χ1n) is 8.12. The molecule has 1 aromatic rings. The van der Waals surface area contributed by atoms with Crippen LogP contribution in [-0.4, -0.2) is 34.6 Å². The molecule has 0 spiro atoms. The average molecular weight is 277 g/mol. The van der Waals surface area contributed by atoms with Crippen LogP contribution in [0, 0.1) is 5.92 Å². The first kappa shape index (κ1) is 14.1. The van der Waals surface area contributed by atoms with Gasteiger partial charge in [-0.05, 0) is 50.6 Å². The molecule has 0 aromatic carbocycles. The highest BCUT2D eigenvalue weighted by Gasteiger charge is 2.43. The van der Waals surface area contributed by atoms with Crippen molar-refractivity contribution in [1.82, 2.24) is 15.1 Å². The SMILES string of the molecule is CCCNC(CCc1cnn(C)c1)C1CC2CCC1O2. The van der Waals surface area contributed by atoms with Crippen LogP contribution in [-0.2, 0) is 18.2 Å². The highest BCUT2D eigenvalue weighted by Crippen LogP contribution is 2.41. The van der Waals surface area contributed by atoms with E-state index in [9.17, 15) is 0 Å². The normalized spacial score (nSPS) is 30.0. The van der Waals surface area contributed by atoms with Gasteiger partial charge in [-0.1, -0.05) is 6.92 Å². The van der Waals surface area contributed by atoms with Crippen molar-refractivity contribution in [3.8, 4) is 0 Å². The Morgan fingerprint density at radius 2 is 2.40 bits per heavy atom. The van der Waals surface area contributed by atoms with Gasteiger partial charge >= 0.3 is 0 Å². The van der Waals surface area contributed by atoms with E-state index in [0.717, 1.165) is 18.9 Å². The second-order valence-electron chi connectivity index (χ2n) is 6.39. The third kappa shape index (κ3) is 3.07. The Hall–Kier alpha value is -0.870. The Morgan fingerprint density at radius 3 is 3.00 bits per heavy atom. The second kappa shape index (κ2) is 6.27. The number of nitrogens with zero attached hydrogens (tertiary/aromatic N) is 2. The number of aryl methyl sites for hydroxylation is 2. The van der Waals surface area contributed by atoms with Crippen molar-refractivity contribution < 1.29 is 4.74 Å². The van der Waals surface area contributed by atoms with E-state index < -0.39 is 0 Å². The van der Waals surface area contributed by atoms with Crippen LogP contribution in [0.4, 0.5) is 0 Å². The van der Waals surface area contributed by atoms with Crippen molar-refractivity contribution >= 4 is 0 Å². The summed E-state index contributed by atoms with van der Waals surface area (Å²) in [4.78, 5) is 0. The summed E-state index contributed by atoms with van der Waals surface area (Å²) in [6.45, 7) is 3.36. The van der Waals surface area contributed by atoms with Gasteiger partial charge in [0.05, 0.1) is 18.4 Å². The van der Waals surface area contributed by atoms with E-state index in [0.29, 0.717) is 18.2 Å². The smallest absolute Gasteiger partial charge is 0.0623 e. The fourth-order valence-corrected chi connectivity index (χ4v) is 3.82. The summed E-state index contributed by atoms with van der Waals surface area (Å²) >= 11 is 0. The molecule has 2 bridgehead atoms. The quantitative estimate of drug-likeness (QED) is 0.831. The number of ether oxygens (including phenoxy) is 1. The first-order chi connectivity index (χ1) is 9.76. The van der Waals surface area contributed by atoms with Gasteiger partial charge in [0.15, 0.2) is 0 Å². The predicted octanol–water partition coefficient (Wildman–Crippen LogP) is 2.29. The summed E-state index contributed by atoms with van der Waals surface area (Å²) in [7, 11) is 1.99. The zero-order chi connectivity index (χ0) is 13.9. The molecule has 3 rings (SSSR count). The van der Waals surface area contributed by atoms with Gasteiger partial charge < -0.3 is 10.1 Å². The van der Waals surface area contributed by atoms with Gasteiger partial charge in [-0.3, -0.25) is 4.68 Å². The Kier molecular flexibility index (Phi) is 4.41. The van der Waals surface area contributed by atoms with E-state index in [2.05, 4.69) is 23.5 Å². The van der Waals surface area contributed by atoms with Crippen molar-refractivity contribution in [1.29, 1.82) is 0 Å². The Bertz CT molecular complexity index is 431. The molecule has 0 amide bonds. The van der Waals surface area contributed by atoms with Crippen molar-refractivity contribution in [2.75, 3.05) is 6.54 Å². The van der Waals surface area contributed by atoms with Gasteiger partial charge in [0.2, 0.25) is 0 Å². The van der Waals surface area contributed by atoms with E-state index >= 15 is 0 Å². The predicted molar refractivity (Wildman–Crippen MR) is 79.6 cm³/mol. The zero-order valence-corrected chi connectivity index (χ0v) is 12.7. The van der Waals surface area contributed by atoms with Gasteiger partial charge in [0.1, 0.15) is 0 Å². The zero-order valence-electron chi connectivity index (χ0n) is 12.7. The van der Waals surface area contributed by atoms with Crippen molar-refractivity contribution in [2.45, 2.75) is 63.7 Å². The van der Waals surface area contributed by atoms with Crippen LogP contribution in [0.25, 0.3) is 0 Å². The van der Waals surface area contributed by atoms with Gasteiger partial charge in [0.25, 0.3) is 0 Å². The average Bonchev–Trinajstić information content (AvgIpc) is 3.15.